The molecule has 0 aliphatic rings. The van der Waals surface area contributed by atoms with Crippen LogP contribution in [0.2, 0.25) is 0 Å². The number of aromatic nitrogens is 3. The summed E-state index contributed by atoms with van der Waals surface area (Å²) in [5, 5.41) is 10.9. The standard InChI is InChI=1S/C18H24N4O3/c1-4-12(2)19-17(23)9-8-15-18(24)20-16(22-21-15)11-13-6-5-7-14(10-13)25-3/h5-7,10,12H,4,8-9,11H2,1-3H3,(H,19,23)(H,20,22,24). The molecule has 2 N–H and O–H groups in total. The summed E-state index contributed by atoms with van der Waals surface area (Å²) in [7, 11) is 1.60. The summed E-state index contributed by atoms with van der Waals surface area (Å²) in [6.07, 6.45) is 1.81. The molecule has 2 rings (SSSR count). The Bertz CT molecular complexity index is 773. The van der Waals surface area contributed by atoms with Gasteiger partial charge in [0.05, 0.1) is 7.11 Å². The topological polar surface area (TPSA) is 97.0 Å². The number of methoxy groups -OCH3 is 1. The highest BCUT2D eigenvalue weighted by atomic mass is 16.5. The van der Waals surface area contributed by atoms with Crippen LogP contribution in [0.15, 0.2) is 29.1 Å². The molecular formula is C18H24N4O3. The number of H-pyrrole nitrogens is 1. The fourth-order valence-electron chi connectivity index (χ4n) is 2.29. The number of ether oxygens (including phenoxy) is 1. The fourth-order valence-corrected chi connectivity index (χ4v) is 2.29. The summed E-state index contributed by atoms with van der Waals surface area (Å²) in [6.45, 7) is 3.94. The number of nitrogens with zero attached hydrogens (tertiary/aromatic N) is 2. The van der Waals surface area contributed by atoms with Gasteiger partial charge in [-0.2, -0.15) is 0 Å². The largest absolute Gasteiger partial charge is 0.497 e. The molecule has 134 valence electrons. The SMILES string of the molecule is CCC(C)NC(=O)CCc1nnc(Cc2cccc(OC)c2)[nH]c1=O. The number of rotatable bonds is 8. The number of amides is 1. The second kappa shape index (κ2) is 8.96. The van der Waals surface area contributed by atoms with Crippen molar-refractivity contribution in [2.45, 2.75) is 45.6 Å². The molecule has 1 unspecified atom stereocenters. The van der Waals surface area contributed by atoms with Crippen LogP contribution in [0.5, 0.6) is 5.75 Å². The van der Waals surface area contributed by atoms with Crippen LogP contribution in [0.1, 0.15) is 43.8 Å². The number of carbonyl (C=O) groups excluding carboxylic acids is 1. The monoisotopic (exact) mass is 344 g/mol. The van der Waals surface area contributed by atoms with E-state index in [1.54, 1.807) is 7.11 Å². The highest BCUT2D eigenvalue weighted by Crippen LogP contribution is 2.14. The lowest BCUT2D eigenvalue weighted by Crippen LogP contribution is -2.32. The molecule has 1 aromatic heterocycles. The first kappa shape index (κ1) is 18.6. The van der Waals surface area contributed by atoms with Crippen molar-refractivity contribution in [3.63, 3.8) is 0 Å². The first-order valence-electron chi connectivity index (χ1n) is 8.38. The maximum Gasteiger partial charge on any atom is 0.272 e. The average Bonchev–Trinajstić information content (AvgIpc) is 2.61. The van der Waals surface area contributed by atoms with Gasteiger partial charge >= 0.3 is 0 Å². The Morgan fingerprint density at radius 3 is 2.84 bits per heavy atom. The maximum atomic E-state index is 12.1. The third-order valence-electron chi connectivity index (χ3n) is 3.93. The Hall–Kier alpha value is -2.70. The van der Waals surface area contributed by atoms with Crippen molar-refractivity contribution in [3.05, 3.63) is 51.7 Å². The zero-order valence-electron chi connectivity index (χ0n) is 14.8. The molecule has 0 saturated carbocycles. The quantitative estimate of drug-likeness (QED) is 0.758. The van der Waals surface area contributed by atoms with Gasteiger partial charge in [0.15, 0.2) is 0 Å². The fraction of sp³-hybridized carbons (Fsp3) is 0.444. The average molecular weight is 344 g/mol. The van der Waals surface area contributed by atoms with Crippen LogP contribution in [-0.2, 0) is 17.6 Å². The lowest BCUT2D eigenvalue weighted by atomic mass is 10.1. The van der Waals surface area contributed by atoms with Crippen molar-refractivity contribution >= 4 is 5.91 Å². The van der Waals surface area contributed by atoms with E-state index in [0.717, 1.165) is 17.7 Å². The van der Waals surface area contributed by atoms with Crippen LogP contribution in [0, 0.1) is 0 Å². The zero-order valence-corrected chi connectivity index (χ0v) is 14.8. The van der Waals surface area contributed by atoms with Crippen molar-refractivity contribution in [1.29, 1.82) is 0 Å². The summed E-state index contributed by atoms with van der Waals surface area (Å²) in [5.41, 5.74) is 0.933. The van der Waals surface area contributed by atoms with Crippen LogP contribution in [0.25, 0.3) is 0 Å². The van der Waals surface area contributed by atoms with Gasteiger partial charge in [0.1, 0.15) is 17.3 Å². The lowest BCUT2D eigenvalue weighted by molar-refractivity contribution is -0.121. The van der Waals surface area contributed by atoms with Gasteiger partial charge in [-0.3, -0.25) is 9.59 Å². The molecule has 7 nitrogen and oxygen atoms in total. The number of aromatic amines is 1. The van der Waals surface area contributed by atoms with Gasteiger partial charge in [-0.15, -0.1) is 10.2 Å². The minimum atomic E-state index is -0.302. The van der Waals surface area contributed by atoms with Crippen LogP contribution in [-0.4, -0.2) is 34.2 Å². The van der Waals surface area contributed by atoms with E-state index in [2.05, 4.69) is 20.5 Å². The summed E-state index contributed by atoms with van der Waals surface area (Å²) >= 11 is 0. The van der Waals surface area contributed by atoms with E-state index in [1.807, 2.05) is 38.1 Å². The Labute approximate surface area is 146 Å². The molecular weight excluding hydrogens is 320 g/mol. The first-order chi connectivity index (χ1) is 12.0. The molecule has 0 spiro atoms. The number of hydrogen-bond donors (Lipinski definition) is 2. The van der Waals surface area contributed by atoms with Gasteiger partial charge in [0.2, 0.25) is 5.91 Å². The molecule has 0 radical (unpaired) electrons. The highest BCUT2D eigenvalue weighted by molar-refractivity contribution is 5.76. The minimum Gasteiger partial charge on any atom is -0.497 e. The Morgan fingerprint density at radius 2 is 2.16 bits per heavy atom. The molecule has 0 bridgehead atoms. The molecule has 7 heteroatoms. The highest BCUT2D eigenvalue weighted by Gasteiger charge is 2.10. The second-order valence-corrected chi connectivity index (χ2v) is 5.95. The predicted octanol–water partition coefficient (Wildman–Crippen LogP) is 1.61. The smallest absolute Gasteiger partial charge is 0.272 e. The van der Waals surface area contributed by atoms with Crippen LogP contribution < -0.4 is 15.6 Å². The van der Waals surface area contributed by atoms with Crippen molar-refractivity contribution < 1.29 is 9.53 Å². The molecule has 1 aromatic carbocycles. The van der Waals surface area contributed by atoms with Gasteiger partial charge < -0.3 is 15.0 Å². The molecule has 0 aliphatic heterocycles. The molecule has 1 amide bonds. The Kier molecular flexibility index (Phi) is 6.68. The number of nitrogens with one attached hydrogen (secondary N) is 2. The Balaban J connectivity index is 1.98. The summed E-state index contributed by atoms with van der Waals surface area (Å²) in [4.78, 5) is 26.6. The number of hydrogen-bond acceptors (Lipinski definition) is 5. The van der Waals surface area contributed by atoms with E-state index < -0.39 is 0 Å². The lowest BCUT2D eigenvalue weighted by Gasteiger charge is -2.10. The van der Waals surface area contributed by atoms with E-state index in [0.29, 0.717) is 12.2 Å². The summed E-state index contributed by atoms with van der Waals surface area (Å²) in [5.74, 6) is 1.14. The van der Waals surface area contributed by atoms with Crippen molar-refractivity contribution in [3.8, 4) is 5.75 Å². The summed E-state index contributed by atoms with van der Waals surface area (Å²) in [6, 6.07) is 7.67. The van der Waals surface area contributed by atoms with Crippen molar-refractivity contribution in [2.24, 2.45) is 0 Å². The molecule has 1 heterocycles. The van der Waals surface area contributed by atoms with E-state index in [4.69, 9.17) is 4.74 Å². The summed E-state index contributed by atoms with van der Waals surface area (Å²) < 4.78 is 5.18. The zero-order chi connectivity index (χ0) is 18.2. The van der Waals surface area contributed by atoms with Crippen LogP contribution in [0.4, 0.5) is 0 Å². The van der Waals surface area contributed by atoms with Crippen LogP contribution >= 0.6 is 0 Å². The normalized spacial score (nSPS) is 11.8. The van der Waals surface area contributed by atoms with Crippen molar-refractivity contribution in [2.75, 3.05) is 7.11 Å². The minimum absolute atomic E-state index is 0.0870. The van der Waals surface area contributed by atoms with Gasteiger partial charge in [-0.25, -0.2) is 0 Å². The number of aryl methyl sites for hydroxylation is 1. The van der Waals surface area contributed by atoms with Crippen molar-refractivity contribution in [1.82, 2.24) is 20.5 Å². The number of benzene rings is 1. The second-order valence-electron chi connectivity index (χ2n) is 5.95. The molecule has 1 atom stereocenters. The maximum absolute atomic E-state index is 12.1. The van der Waals surface area contributed by atoms with E-state index in [1.165, 1.54) is 0 Å². The predicted molar refractivity (Wildman–Crippen MR) is 94.7 cm³/mol. The third kappa shape index (κ3) is 5.70. The van der Waals surface area contributed by atoms with Gasteiger partial charge in [0, 0.05) is 25.3 Å². The van der Waals surface area contributed by atoms with E-state index in [-0.39, 0.29) is 36.0 Å². The first-order valence-corrected chi connectivity index (χ1v) is 8.38. The molecule has 0 fully saturated rings. The van der Waals surface area contributed by atoms with Gasteiger partial charge in [-0.05, 0) is 31.0 Å². The Morgan fingerprint density at radius 1 is 1.36 bits per heavy atom. The van der Waals surface area contributed by atoms with E-state index in [9.17, 15) is 9.59 Å². The molecule has 25 heavy (non-hydrogen) atoms. The van der Waals surface area contributed by atoms with E-state index >= 15 is 0 Å². The molecule has 0 saturated heterocycles. The van der Waals surface area contributed by atoms with Gasteiger partial charge in [-0.1, -0.05) is 19.1 Å². The number of carbonyl (C=O) groups is 1. The third-order valence-corrected chi connectivity index (χ3v) is 3.93. The molecule has 0 aliphatic carbocycles. The van der Waals surface area contributed by atoms with Crippen LogP contribution in [0.3, 0.4) is 0 Å². The van der Waals surface area contributed by atoms with Gasteiger partial charge in [0.25, 0.3) is 5.56 Å². The molecule has 2 aromatic rings.